The molecule has 1 aromatic rings. The van der Waals surface area contributed by atoms with Crippen molar-refractivity contribution in [2.24, 2.45) is 0 Å². The third-order valence-corrected chi connectivity index (χ3v) is 3.30. The molecule has 0 bridgehead atoms. The summed E-state index contributed by atoms with van der Waals surface area (Å²) in [5.74, 6) is 0. The van der Waals surface area contributed by atoms with E-state index in [1.54, 1.807) is 0 Å². The van der Waals surface area contributed by atoms with Gasteiger partial charge in [-0.2, -0.15) is 0 Å². The minimum atomic E-state index is 0.869. The molecule has 0 aliphatic carbocycles. The van der Waals surface area contributed by atoms with E-state index in [0.29, 0.717) is 0 Å². The predicted octanol–water partition coefficient (Wildman–Crippen LogP) is 2.73. The Labute approximate surface area is 110 Å². The maximum atomic E-state index is 5.37. The number of nitrogens with zero attached hydrogens (tertiary/aromatic N) is 1. The molecule has 3 nitrogen and oxygen atoms in total. The van der Waals surface area contributed by atoms with Crippen LogP contribution in [0.1, 0.15) is 25.3 Å². The molecule has 1 N–H and O–H groups in total. The predicted molar refractivity (Wildman–Crippen MR) is 75.9 cm³/mol. The Hall–Kier alpha value is -1.06. The van der Waals surface area contributed by atoms with Gasteiger partial charge in [-0.3, -0.25) is 4.90 Å². The van der Waals surface area contributed by atoms with Crippen molar-refractivity contribution in [1.29, 1.82) is 0 Å². The van der Waals surface area contributed by atoms with E-state index >= 15 is 0 Å². The van der Waals surface area contributed by atoms with Crippen LogP contribution < -0.4 is 5.32 Å². The van der Waals surface area contributed by atoms with Gasteiger partial charge in [-0.25, -0.2) is 0 Å². The minimum Gasteiger partial charge on any atom is -0.385 e. The van der Waals surface area contributed by atoms with Crippen LogP contribution in [0.15, 0.2) is 24.3 Å². The van der Waals surface area contributed by atoms with Crippen molar-refractivity contribution >= 4 is 5.69 Å². The van der Waals surface area contributed by atoms with Gasteiger partial charge in [0.2, 0.25) is 0 Å². The van der Waals surface area contributed by atoms with Crippen molar-refractivity contribution in [1.82, 2.24) is 4.90 Å². The molecule has 0 atom stereocenters. The largest absolute Gasteiger partial charge is 0.385 e. The molecule has 0 unspecified atom stereocenters. The fourth-order valence-corrected chi connectivity index (χ4v) is 2.21. The number of hydrogen-bond donors (Lipinski definition) is 1. The third kappa shape index (κ3) is 4.31. The Balaban J connectivity index is 1.85. The molecule has 1 saturated heterocycles. The van der Waals surface area contributed by atoms with E-state index in [-0.39, 0.29) is 0 Å². The van der Waals surface area contributed by atoms with Crippen LogP contribution in [-0.2, 0) is 11.3 Å². The molecule has 18 heavy (non-hydrogen) atoms. The molecular formula is C15H24N2O. The molecule has 0 amide bonds. The second-order valence-corrected chi connectivity index (χ2v) is 4.87. The van der Waals surface area contributed by atoms with Crippen LogP contribution in [0.4, 0.5) is 5.69 Å². The minimum absolute atomic E-state index is 0.869. The lowest BCUT2D eigenvalue weighted by atomic mass is 10.1. The van der Waals surface area contributed by atoms with Crippen LogP contribution in [0, 0.1) is 0 Å². The van der Waals surface area contributed by atoms with Crippen molar-refractivity contribution in [2.45, 2.75) is 26.3 Å². The Morgan fingerprint density at radius 1 is 1.28 bits per heavy atom. The van der Waals surface area contributed by atoms with Crippen molar-refractivity contribution in [2.75, 3.05) is 38.2 Å². The zero-order chi connectivity index (χ0) is 12.6. The van der Waals surface area contributed by atoms with Crippen molar-refractivity contribution in [3.05, 3.63) is 29.8 Å². The maximum Gasteiger partial charge on any atom is 0.0594 e. The second-order valence-electron chi connectivity index (χ2n) is 4.87. The van der Waals surface area contributed by atoms with Gasteiger partial charge < -0.3 is 10.1 Å². The second kappa shape index (κ2) is 7.39. The van der Waals surface area contributed by atoms with Crippen molar-refractivity contribution in [3.63, 3.8) is 0 Å². The summed E-state index contributed by atoms with van der Waals surface area (Å²) in [6, 6.07) is 8.77. The molecule has 0 aromatic heterocycles. The number of ether oxygens (including phenoxy) is 1. The quantitative estimate of drug-likeness (QED) is 0.783. The van der Waals surface area contributed by atoms with Gasteiger partial charge in [0.25, 0.3) is 0 Å². The zero-order valence-electron chi connectivity index (χ0n) is 11.3. The summed E-state index contributed by atoms with van der Waals surface area (Å²) in [5.41, 5.74) is 2.63. The summed E-state index contributed by atoms with van der Waals surface area (Å²) in [7, 11) is 0. The van der Waals surface area contributed by atoms with Crippen LogP contribution in [0.2, 0.25) is 0 Å². The van der Waals surface area contributed by atoms with Crippen LogP contribution >= 0.6 is 0 Å². The lowest BCUT2D eigenvalue weighted by Gasteiger charge is -2.26. The topological polar surface area (TPSA) is 24.5 Å². The molecule has 0 saturated carbocycles. The fourth-order valence-electron chi connectivity index (χ4n) is 2.21. The standard InChI is InChI=1S/C15H24N2O/c1-2-3-7-16-15-6-4-5-14(12-15)13-17-8-10-18-11-9-17/h4-6,12,16H,2-3,7-11,13H2,1H3. The average Bonchev–Trinajstić information content (AvgIpc) is 2.41. The van der Waals surface area contributed by atoms with E-state index in [4.69, 9.17) is 4.74 Å². The van der Waals surface area contributed by atoms with E-state index < -0.39 is 0 Å². The zero-order valence-corrected chi connectivity index (χ0v) is 11.3. The van der Waals surface area contributed by atoms with E-state index in [1.807, 2.05) is 0 Å². The monoisotopic (exact) mass is 248 g/mol. The highest BCUT2D eigenvalue weighted by Gasteiger charge is 2.10. The first-order chi connectivity index (χ1) is 8.88. The van der Waals surface area contributed by atoms with Gasteiger partial charge in [-0.15, -0.1) is 0 Å². The van der Waals surface area contributed by atoms with Gasteiger partial charge in [-0.1, -0.05) is 25.5 Å². The number of hydrogen-bond acceptors (Lipinski definition) is 3. The van der Waals surface area contributed by atoms with E-state index in [9.17, 15) is 0 Å². The van der Waals surface area contributed by atoms with E-state index in [2.05, 4.69) is 41.4 Å². The number of anilines is 1. The van der Waals surface area contributed by atoms with Gasteiger partial charge in [-0.05, 0) is 24.1 Å². The molecule has 1 aliphatic heterocycles. The smallest absolute Gasteiger partial charge is 0.0594 e. The molecule has 0 radical (unpaired) electrons. The SMILES string of the molecule is CCCCNc1cccc(CN2CCOCC2)c1. The Morgan fingerprint density at radius 3 is 2.89 bits per heavy atom. The number of benzene rings is 1. The summed E-state index contributed by atoms with van der Waals surface area (Å²) in [6.07, 6.45) is 2.47. The molecule has 1 aliphatic rings. The normalized spacial score (nSPS) is 16.7. The molecule has 3 heteroatoms. The summed E-state index contributed by atoms with van der Waals surface area (Å²) < 4.78 is 5.37. The lowest BCUT2D eigenvalue weighted by Crippen LogP contribution is -2.35. The number of nitrogens with one attached hydrogen (secondary N) is 1. The molecule has 2 rings (SSSR count). The molecular weight excluding hydrogens is 224 g/mol. The summed E-state index contributed by atoms with van der Waals surface area (Å²) in [5, 5.41) is 3.48. The van der Waals surface area contributed by atoms with Gasteiger partial charge in [0.15, 0.2) is 0 Å². The third-order valence-electron chi connectivity index (χ3n) is 3.30. The number of rotatable bonds is 6. The van der Waals surface area contributed by atoms with Gasteiger partial charge in [0.1, 0.15) is 0 Å². The van der Waals surface area contributed by atoms with E-state index in [0.717, 1.165) is 39.4 Å². The highest BCUT2D eigenvalue weighted by Crippen LogP contribution is 2.13. The number of unbranched alkanes of at least 4 members (excludes halogenated alkanes) is 1. The first-order valence-corrected chi connectivity index (χ1v) is 7.01. The van der Waals surface area contributed by atoms with Crippen molar-refractivity contribution in [3.8, 4) is 0 Å². The van der Waals surface area contributed by atoms with Crippen molar-refractivity contribution < 1.29 is 4.74 Å². The fraction of sp³-hybridized carbons (Fsp3) is 0.600. The van der Waals surface area contributed by atoms with Gasteiger partial charge in [0.05, 0.1) is 13.2 Å². The summed E-state index contributed by atoms with van der Waals surface area (Å²) in [6.45, 7) is 8.16. The van der Waals surface area contributed by atoms with Crippen LogP contribution in [0.5, 0.6) is 0 Å². The summed E-state index contributed by atoms with van der Waals surface area (Å²) >= 11 is 0. The Morgan fingerprint density at radius 2 is 2.11 bits per heavy atom. The molecule has 100 valence electrons. The Bertz CT molecular complexity index is 348. The molecule has 1 fully saturated rings. The van der Waals surface area contributed by atoms with Crippen LogP contribution in [0.3, 0.4) is 0 Å². The van der Waals surface area contributed by atoms with E-state index in [1.165, 1.54) is 24.1 Å². The molecule has 1 aromatic carbocycles. The summed E-state index contributed by atoms with van der Waals surface area (Å²) in [4.78, 5) is 2.45. The van der Waals surface area contributed by atoms with Crippen LogP contribution in [0.25, 0.3) is 0 Å². The lowest BCUT2D eigenvalue weighted by molar-refractivity contribution is 0.0342. The Kier molecular flexibility index (Phi) is 5.49. The molecule has 0 spiro atoms. The first-order valence-electron chi connectivity index (χ1n) is 7.01. The number of morpholine rings is 1. The van der Waals surface area contributed by atoms with Crippen LogP contribution in [-0.4, -0.2) is 37.7 Å². The first kappa shape index (κ1) is 13.4. The van der Waals surface area contributed by atoms with Gasteiger partial charge in [0, 0.05) is 31.9 Å². The maximum absolute atomic E-state index is 5.37. The average molecular weight is 248 g/mol. The van der Waals surface area contributed by atoms with Gasteiger partial charge >= 0.3 is 0 Å². The molecule has 1 heterocycles. The highest BCUT2D eigenvalue weighted by atomic mass is 16.5. The highest BCUT2D eigenvalue weighted by molar-refractivity contribution is 5.45.